The van der Waals surface area contributed by atoms with Crippen molar-refractivity contribution in [2.45, 2.75) is 63.7 Å². The third-order valence-corrected chi connectivity index (χ3v) is 17.6. The SMILES string of the molecule is CC(C)(C)c1ccc(C(c2ccc(-c3ccccc3F)cc2)c2cc3c(c4ccccc24)-c2c(cc(N(c4ccc(-c5ccccc5F)cc4)c4ccc(C(C)(C)C)cc4)c4oc5ccccc5c24)C3(c2ccccc2)c2ccccc2)cc1. The maximum absolute atomic E-state index is 15.5. The third-order valence-electron chi connectivity index (χ3n) is 17.6. The predicted molar refractivity (Wildman–Crippen MR) is 345 cm³/mol. The summed E-state index contributed by atoms with van der Waals surface area (Å²) >= 11 is 0. The summed E-state index contributed by atoms with van der Waals surface area (Å²) in [6.07, 6.45) is 0. The molecule has 84 heavy (non-hydrogen) atoms. The minimum Gasteiger partial charge on any atom is -0.454 e. The number of fused-ring (bicyclic) bond motifs is 9. The Kier molecular flexibility index (Phi) is 12.7. The van der Waals surface area contributed by atoms with Crippen LogP contribution in [0.2, 0.25) is 0 Å². The number of hydrogen-bond donors (Lipinski definition) is 0. The Morgan fingerprint density at radius 3 is 1.37 bits per heavy atom. The Morgan fingerprint density at radius 1 is 0.405 bits per heavy atom. The highest BCUT2D eigenvalue weighted by atomic mass is 19.1. The fourth-order valence-electron chi connectivity index (χ4n) is 13.4. The van der Waals surface area contributed by atoms with Gasteiger partial charge in [-0.3, -0.25) is 0 Å². The highest BCUT2D eigenvalue weighted by Crippen LogP contribution is 2.63. The molecule has 408 valence electrons. The third kappa shape index (κ3) is 8.65. The van der Waals surface area contributed by atoms with Gasteiger partial charge >= 0.3 is 0 Å². The van der Waals surface area contributed by atoms with Gasteiger partial charge in [-0.25, -0.2) is 8.78 Å². The molecule has 0 bridgehead atoms. The van der Waals surface area contributed by atoms with E-state index >= 15 is 8.78 Å². The van der Waals surface area contributed by atoms with Crippen LogP contribution < -0.4 is 4.90 Å². The summed E-state index contributed by atoms with van der Waals surface area (Å²) in [4.78, 5) is 2.33. The summed E-state index contributed by atoms with van der Waals surface area (Å²) in [5.74, 6) is -0.747. The highest BCUT2D eigenvalue weighted by Gasteiger charge is 2.49. The highest BCUT2D eigenvalue weighted by molar-refractivity contribution is 6.23. The van der Waals surface area contributed by atoms with Crippen molar-refractivity contribution in [3.8, 4) is 33.4 Å². The van der Waals surface area contributed by atoms with Crippen LogP contribution in [0.3, 0.4) is 0 Å². The summed E-state index contributed by atoms with van der Waals surface area (Å²) in [6.45, 7) is 13.5. The molecule has 1 atom stereocenters. The predicted octanol–water partition coefficient (Wildman–Crippen LogP) is 22.0. The van der Waals surface area contributed by atoms with Crippen LogP contribution in [0.4, 0.5) is 25.8 Å². The fourth-order valence-corrected chi connectivity index (χ4v) is 13.4. The molecule has 1 aromatic heterocycles. The number of para-hydroxylation sites is 1. The molecule has 0 saturated carbocycles. The Balaban J connectivity index is 1.11. The first-order chi connectivity index (χ1) is 40.8. The average molecular weight is 1090 g/mol. The molecule has 1 aliphatic rings. The van der Waals surface area contributed by atoms with Crippen LogP contribution >= 0.6 is 0 Å². The van der Waals surface area contributed by atoms with Crippen LogP contribution in [0.25, 0.3) is 66.1 Å². The zero-order valence-corrected chi connectivity index (χ0v) is 48.1. The van der Waals surface area contributed by atoms with E-state index in [4.69, 9.17) is 4.42 Å². The lowest BCUT2D eigenvalue weighted by atomic mass is 9.66. The van der Waals surface area contributed by atoms with Gasteiger partial charge in [-0.15, -0.1) is 0 Å². The normalized spacial score (nSPS) is 13.3. The van der Waals surface area contributed by atoms with E-state index in [2.05, 4.69) is 253 Å². The van der Waals surface area contributed by atoms with Crippen molar-refractivity contribution in [2.75, 3.05) is 4.90 Å². The molecule has 0 N–H and O–H groups in total. The maximum Gasteiger partial charge on any atom is 0.160 e. The molecular weight excluding hydrogens is 1030 g/mol. The zero-order valence-electron chi connectivity index (χ0n) is 48.1. The van der Waals surface area contributed by atoms with Gasteiger partial charge in [0.15, 0.2) is 5.58 Å². The number of hydrogen-bond acceptors (Lipinski definition) is 2. The van der Waals surface area contributed by atoms with E-state index in [1.54, 1.807) is 12.1 Å². The number of benzene rings is 12. The number of rotatable bonds is 10. The molecule has 0 amide bonds. The van der Waals surface area contributed by atoms with Crippen LogP contribution in [-0.2, 0) is 16.2 Å². The summed E-state index contributed by atoms with van der Waals surface area (Å²) < 4.78 is 38.4. The zero-order chi connectivity index (χ0) is 57.5. The van der Waals surface area contributed by atoms with Gasteiger partial charge in [-0.1, -0.05) is 260 Å². The number of nitrogens with zero attached hydrogens (tertiary/aromatic N) is 1. The maximum atomic E-state index is 15.5. The topological polar surface area (TPSA) is 16.4 Å². The molecule has 1 unspecified atom stereocenters. The second-order valence-electron chi connectivity index (χ2n) is 24.6. The van der Waals surface area contributed by atoms with Crippen LogP contribution in [-0.4, -0.2) is 0 Å². The van der Waals surface area contributed by atoms with E-state index in [1.165, 1.54) is 34.4 Å². The smallest absolute Gasteiger partial charge is 0.160 e. The molecule has 0 saturated heterocycles. The van der Waals surface area contributed by atoms with E-state index in [9.17, 15) is 0 Å². The van der Waals surface area contributed by atoms with E-state index < -0.39 is 5.41 Å². The number of furan rings is 1. The summed E-state index contributed by atoms with van der Waals surface area (Å²) in [5, 5.41) is 4.33. The molecule has 13 aromatic rings. The van der Waals surface area contributed by atoms with Crippen molar-refractivity contribution in [2.24, 2.45) is 0 Å². The van der Waals surface area contributed by atoms with E-state index in [0.29, 0.717) is 11.1 Å². The average Bonchev–Trinajstić information content (AvgIpc) is 1.61. The van der Waals surface area contributed by atoms with E-state index in [-0.39, 0.29) is 28.4 Å². The van der Waals surface area contributed by atoms with Gasteiger partial charge in [0, 0.05) is 39.2 Å². The second-order valence-corrected chi connectivity index (χ2v) is 24.6. The van der Waals surface area contributed by atoms with Gasteiger partial charge in [-0.05, 0) is 142 Å². The lowest BCUT2D eigenvalue weighted by molar-refractivity contribution is 0.590. The summed E-state index contributed by atoms with van der Waals surface area (Å²) in [5.41, 5.74) is 18.7. The lowest BCUT2D eigenvalue weighted by Gasteiger charge is -2.36. The van der Waals surface area contributed by atoms with E-state index in [0.717, 1.165) is 99.8 Å². The molecule has 4 heteroatoms. The number of halogens is 2. The van der Waals surface area contributed by atoms with Crippen molar-refractivity contribution in [1.82, 2.24) is 0 Å². The summed E-state index contributed by atoms with van der Waals surface area (Å²) in [7, 11) is 0. The molecule has 0 aliphatic heterocycles. The van der Waals surface area contributed by atoms with Gasteiger partial charge in [-0.2, -0.15) is 0 Å². The molecule has 2 nitrogen and oxygen atoms in total. The molecule has 12 aromatic carbocycles. The Morgan fingerprint density at radius 2 is 0.833 bits per heavy atom. The van der Waals surface area contributed by atoms with Crippen LogP contribution in [0, 0.1) is 11.6 Å². The Hall–Kier alpha value is -9.64. The molecule has 0 fully saturated rings. The van der Waals surface area contributed by atoms with Gasteiger partial charge in [0.1, 0.15) is 17.2 Å². The minimum absolute atomic E-state index is 0.0512. The van der Waals surface area contributed by atoms with Crippen molar-refractivity contribution in [3.05, 3.63) is 329 Å². The lowest BCUT2D eigenvalue weighted by Crippen LogP contribution is -2.29. The van der Waals surface area contributed by atoms with Crippen LogP contribution in [0.5, 0.6) is 0 Å². The first-order valence-corrected chi connectivity index (χ1v) is 29.1. The standard InChI is InChI=1S/C80H63F2NO/c1-78(2,3)55-41-37-54(38-42-55)73(53-35-33-51(34-36-53)61-25-15-18-30-69(61)81)66-49-67-74(64-28-14-13-27-63(64)66)76-68(80(67,57-21-9-7-10-22-57)58-23-11-8-12-24-58)50-71(77-75(76)65-29-17-20-32-72(65)84-77)83(60-47-43-56(44-48-60)79(4,5)6)59-45-39-52(40-46-59)62-26-16-19-31-70(62)82/h7-50,73H,1-6H3. The van der Waals surface area contributed by atoms with Crippen LogP contribution in [0.15, 0.2) is 271 Å². The van der Waals surface area contributed by atoms with E-state index in [1.807, 2.05) is 36.4 Å². The molecule has 0 radical (unpaired) electrons. The first kappa shape index (κ1) is 52.4. The Bertz CT molecular complexity index is 4570. The monoisotopic (exact) mass is 1090 g/mol. The quantitative estimate of drug-likeness (QED) is 0.127. The van der Waals surface area contributed by atoms with Crippen molar-refractivity contribution < 1.29 is 13.2 Å². The largest absolute Gasteiger partial charge is 0.454 e. The fraction of sp³-hybridized carbons (Fsp3) is 0.125. The molecule has 1 aliphatic carbocycles. The summed E-state index contributed by atoms with van der Waals surface area (Å²) in [6, 6.07) is 93.4. The minimum atomic E-state index is -0.890. The molecule has 1 heterocycles. The molecular formula is C80H63F2NO. The van der Waals surface area contributed by atoms with Gasteiger partial charge in [0.25, 0.3) is 0 Å². The molecule has 14 rings (SSSR count). The van der Waals surface area contributed by atoms with Gasteiger partial charge in [0.05, 0.1) is 11.1 Å². The molecule has 0 spiro atoms. The van der Waals surface area contributed by atoms with Crippen LogP contribution in [0.1, 0.15) is 97.5 Å². The second kappa shape index (κ2) is 20.4. The first-order valence-electron chi connectivity index (χ1n) is 29.1. The van der Waals surface area contributed by atoms with Gasteiger partial charge < -0.3 is 9.32 Å². The van der Waals surface area contributed by atoms with Gasteiger partial charge in [0.2, 0.25) is 0 Å². The van der Waals surface area contributed by atoms with Crippen molar-refractivity contribution in [1.29, 1.82) is 0 Å². The Labute approximate surface area is 491 Å². The van der Waals surface area contributed by atoms with Crippen molar-refractivity contribution in [3.63, 3.8) is 0 Å². The number of anilines is 3. The van der Waals surface area contributed by atoms with Crippen molar-refractivity contribution >= 4 is 49.8 Å².